The molecule has 2 saturated heterocycles. The van der Waals surface area contributed by atoms with Gasteiger partial charge in [-0.3, -0.25) is 34.3 Å². The number of hydrogen-bond acceptors (Lipinski definition) is 8. The molecular weight excluding hydrogens is 478 g/mol. The maximum Gasteiger partial charge on any atom is 0.407 e. The molecule has 0 radical (unpaired) electrons. The van der Waals surface area contributed by atoms with Crippen LogP contribution in [0.4, 0.5) is 10.5 Å². The van der Waals surface area contributed by atoms with E-state index in [0.717, 1.165) is 49.7 Å². The fraction of sp³-hybridized carbons (Fsp3) is 0.577. The van der Waals surface area contributed by atoms with Gasteiger partial charge in [-0.15, -0.1) is 0 Å². The third kappa shape index (κ3) is 6.10. The maximum absolute atomic E-state index is 13.1. The summed E-state index contributed by atoms with van der Waals surface area (Å²) in [6.45, 7) is 11.5. The van der Waals surface area contributed by atoms with Gasteiger partial charge in [-0.25, -0.2) is 4.79 Å². The van der Waals surface area contributed by atoms with Crippen molar-refractivity contribution in [2.24, 2.45) is 0 Å². The molecule has 37 heavy (non-hydrogen) atoms. The molecule has 2 N–H and O–H groups in total. The van der Waals surface area contributed by atoms with Crippen LogP contribution in [0.1, 0.15) is 67.7 Å². The molecule has 0 spiro atoms. The van der Waals surface area contributed by atoms with Gasteiger partial charge >= 0.3 is 6.09 Å². The molecule has 2 fully saturated rings. The van der Waals surface area contributed by atoms with Gasteiger partial charge in [-0.2, -0.15) is 0 Å². The van der Waals surface area contributed by atoms with Crippen LogP contribution < -0.4 is 15.5 Å². The molecule has 0 bridgehead atoms. The summed E-state index contributed by atoms with van der Waals surface area (Å²) in [5, 5.41) is 5.08. The predicted octanol–water partition coefficient (Wildman–Crippen LogP) is 1.51. The van der Waals surface area contributed by atoms with Crippen LogP contribution in [0.15, 0.2) is 18.2 Å². The summed E-state index contributed by atoms with van der Waals surface area (Å²) in [6.07, 6.45) is 0.613. The zero-order valence-electron chi connectivity index (χ0n) is 21.8. The summed E-state index contributed by atoms with van der Waals surface area (Å²) in [5.74, 6) is -2.01. The molecule has 1 aromatic carbocycles. The Morgan fingerprint density at radius 1 is 1.08 bits per heavy atom. The van der Waals surface area contributed by atoms with Gasteiger partial charge in [0.1, 0.15) is 11.6 Å². The zero-order valence-corrected chi connectivity index (χ0v) is 21.8. The van der Waals surface area contributed by atoms with Crippen LogP contribution in [0.5, 0.6) is 0 Å². The summed E-state index contributed by atoms with van der Waals surface area (Å²) in [7, 11) is 0. The van der Waals surface area contributed by atoms with Crippen molar-refractivity contribution >= 4 is 35.4 Å². The number of anilines is 1. The fourth-order valence-corrected chi connectivity index (χ4v) is 4.84. The molecule has 2 atom stereocenters. The van der Waals surface area contributed by atoms with Crippen LogP contribution in [-0.2, 0) is 14.3 Å². The van der Waals surface area contributed by atoms with E-state index in [-0.39, 0.29) is 30.0 Å². The number of amides is 5. The van der Waals surface area contributed by atoms with Gasteiger partial charge in [0.25, 0.3) is 11.8 Å². The summed E-state index contributed by atoms with van der Waals surface area (Å²) < 4.78 is 5.31. The number of carbonyl (C=O) groups is 5. The molecule has 3 aliphatic heterocycles. The van der Waals surface area contributed by atoms with Crippen molar-refractivity contribution in [2.45, 2.75) is 64.6 Å². The maximum atomic E-state index is 13.1. The SMILES string of the molecule is CC(CCN1CCN(c2ccc3c(c2)C(=O)N(C2CCC(=O)NC2=O)C3=O)CC1)NC(=O)OC(C)(C)C. The van der Waals surface area contributed by atoms with Gasteiger partial charge in [-0.05, 0) is 58.7 Å². The lowest BCUT2D eigenvalue weighted by atomic mass is 10.0. The van der Waals surface area contributed by atoms with Crippen molar-refractivity contribution in [2.75, 3.05) is 37.6 Å². The van der Waals surface area contributed by atoms with Crippen molar-refractivity contribution in [3.63, 3.8) is 0 Å². The van der Waals surface area contributed by atoms with Crippen molar-refractivity contribution in [3.05, 3.63) is 29.3 Å². The number of carbonyl (C=O) groups excluding carboxylic acids is 5. The molecule has 1 aromatic rings. The summed E-state index contributed by atoms with van der Waals surface area (Å²) in [4.78, 5) is 67.2. The van der Waals surface area contributed by atoms with E-state index in [2.05, 4.69) is 20.4 Å². The minimum Gasteiger partial charge on any atom is -0.444 e. The number of benzene rings is 1. The average Bonchev–Trinajstić information content (AvgIpc) is 3.06. The average molecular weight is 514 g/mol. The molecule has 3 heterocycles. The van der Waals surface area contributed by atoms with E-state index in [1.165, 1.54) is 0 Å². The Bertz CT molecular complexity index is 1110. The molecule has 0 aromatic heterocycles. The normalized spacial score (nSPS) is 21.6. The molecule has 0 aliphatic carbocycles. The van der Waals surface area contributed by atoms with Gasteiger partial charge in [-0.1, -0.05) is 0 Å². The molecule has 2 unspecified atom stereocenters. The molecule has 11 heteroatoms. The summed E-state index contributed by atoms with van der Waals surface area (Å²) in [6, 6.07) is 4.22. The first-order chi connectivity index (χ1) is 17.4. The lowest BCUT2D eigenvalue weighted by Gasteiger charge is -2.36. The van der Waals surface area contributed by atoms with Crippen LogP contribution >= 0.6 is 0 Å². The van der Waals surface area contributed by atoms with Gasteiger partial charge in [0.2, 0.25) is 11.8 Å². The molecule has 200 valence electrons. The fourth-order valence-electron chi connectivity index (χ4n) is 4.84. The van der Waals surface area contributed by atoms with Gasteiger partial charge < -0.3 is 15.0 Å². The first kappa shape index (κ1) is 26.6. The highest BCUT2D eigenvalue weighted by Gasteiger charge is 2.44. The molecule has 5 amide bonds. The number of piperidine rings is 1. The number of rotatable bonds is 6. The molecular formula is C26H35N5O6. The Morgan fingerprint density at radius 2 is 1.76 bits per heavy atom. The van der Waals surface area contributed by atoms with Gasteiger partial charge in [0.15, 0.2) is 0 Å². The highest BCUT2D eigenvalue weighted by Crippen LogP contribution is 2.31. The van der Waals surface area contributed by atoms with E-state index >= 15 is 0 Å². The van der Waals surface area contributed by atoms with E-state index < -0.39 is 41.4 Å². The van der Waals surface area contributed by atoms with E-state index in [0.29, 0.717) is 0 Å². The number of piperazine rings is 1. The molecule has 11 nitrogen and oxygen atoms in total. The Balaban J connectivity index is 1.30. The second kappa shape index (κ2) is 10.5. The van der Waals surface area contributed by atoms with Crippen LogP contribution in [0, 0.1) is 0 Å². The predicted molar refractivity (Wildman–Crippen MR) is 135 cm³/mol. The van der Waals surface area contributed by atoms with Crippen molar-refractivity contribution in [1.82, 2.24) is 20.4 Å². The van der Waals surface area contributed by atoms with Crippen LogP contribution in [0.3, 0.4) is 0 Å². The first-order valence-corrected chi connectivity index (χ1v) is 12.8. The third-order valence-corrected chi connectivity index (χ3v) is 6.80. The molecule has 3 aliphatic rings. The van der Waals surface area contributed by atoms with Crippen LogP contribution in [-0.4, -0.2) is 89.9 Å². The number of nitrogens with one attached hydrogen (secondary N) is 2. The standard InChI is InChI=1S/C26H35N5O6/c1-16(27-25(36)37-26(2,3)4)9-10-29-11-13-30(14-12-29)17-5-6-18-19(15-17)24(35)31(23(18)34)20-7-8-21(32)28-22(20)33/h5-6,15-16,20H,7-14H2,1-4H3,(H,27,36)(H,28,32,33). The Kier molecular flexibility index (Phi) is 7.54. The zero-order chi connectivity index (χ0) is 26.9. The summed E-state index contributed by atoms with van der Waals surface area (Å²) in [5.41, 5.74) is 0.892. The van der Waals surface area contributed by atoms with Crippen LogP contribution in [0.25, 0.3) is 0 Å². The van der Waals surface area contributed by atoms with Gasteiger partial charge in [0.05, 0.1) is 11.1 Å². The topological polar surface area (TPSA) is 128 Å². The lowest BCUT2D eigenvalue weighted by Crippen LogP contribution is -2.54. The highest BCUT2D eigenvalue weighted by molar-refractivity contribution is 6.23. The Hall–Kier alpha value is -3.47. The quantitative estimate of drug-likeness (QED) is 0.548. The van der Waals surface area contributed by atoms with E-state index in [4.69, 9.17) is 4.74 Å². The Labute approximate surface area is 216 Å². The number of fused-ring (bicyclic) bond motifs is 1. The minimum atomic E-state index is -0.968. The number of ether oxygens (including phenoxy) is 1. The summed E-state index contributed by atoms with van der Waals surface area (Å²) >= 11 is 0. The van der Waals surface area contributed by atoms with E-state index in [1.807, 2.05) is 33.8 Å². The number of imide groups is 2. The van der Waals surface area contributed by atoms with E-state index in [9.17, 15) is 24.0 Å². The van der Waals surface area contributed by atoms with Gasteiger partial charge in [0, 0.05) is 50.9 Å². The number of alkyl carbamates (subject to hydrolysis) is 1. The second-order valence-corrected chi connectivity index (χ2v) is 10.8. The third-order valence-electron chi connectivity index (χ3n) is 6.80. The molecule has 0 saturated carbocycles. The minimum absolute atomic E-state index is 0.0135. The van der Waals surface area contributed by atoms with Crippen LogP contribution in [0.2, 0.25) is 0 Å². The number of nitrogens with zero attached hydrogens (tertiary/aromatic N) is 3. The lowest BCUT2D eigenvalue weighted by molar-refractivity contribution is -0.136. The highest BCUT2D eigenvalue weighted by atomic mass is 16.6. The van der Waals surface area contributed by atoms with Crippen molar-refractivity contribution in [1.29, 1.82) is 0 Å². The molecule has 4 rings (SSSR count). The second-order valence-electron chi connectivity index (χ2n) is 10.8. The van der Waals surface area contributed by atoms with Crippen molar-refractivity contribution in [3.8, 4) is 0 Å². The number of hydrogen-bond donors (Lipinski definition) is 2. The Morgan fingerprint density at radius 3 is 2.41 bits per heavy atom. The largest absolute Gasteiger partial charge is 0.444 e. The van der Waals surface area contributed by atoms with E-state index in [1.54, 1.807) is 12.1 Å². The van der Waals surface area contributed by atoms with Crippen molar-refractivity contribution < 1.29 is 28.7 Å². The monoisotopic (exact) mass is 513 g/mol. The first-order valence-electron chi connectivity index (χ1n) is 12.8. The smallest absolute Gasteiger partial charge is 0.407 e.